The minimum Gasteiger partial charge on any atom is -0.497 e. The van der Waals surface area contributed by atoms with Gasteiger partial charge in [-0.05, 0) is 42.3 Å². The number of hydrogen-bond acceptors (Lipinski definition) is 3. The maximum atomic E-state index is 9.32. The van der Waals surface area contributed by atoms with E-state index >= 15 is 0 Å². The average Bonchev–Trinajstić information content (AvgIpc) is 2.45. The molecule has 1 unspecified atom stereocenters. The summed E-state index contributed by atoms with van der Waals surface area (Å²) in [6.45, 7) is 2.03. The molecule has 0 aromatic heterocycles. The maximum Gasteiger partial charge on any atom is 0.140 e. The molecule has 1 N–H and O–H groups in total. The molecule has 0 fully saturated rings. The summed E-state index contributed by atoms with van der Waals surface area (Å²) >= 11 is 0. The van der Waals surface area contributed by atoms with Crippen LogP contribution in [0, 0.1) is 18.3 Å². The molecule has 19 heavy (non-hydrogen) atoms. The molecule has 96 valence electrons. The number of anilines is 1. The van der Waals surface area contributed by atoms with Crippen molar-refractivity contribution < 1.29 is 4.74 Å². The fraction of sp³-hybridized carbons (Fsp3) is 0.188. The number of nitriles is 1. The monoisotopic (exact) mass is 252 g/mol. The van der Waals surface area contributed by atoms with E-state index < -0.39 is 6.04 Å². The SMILES string of the molecule is COc1cccc(C(C#N)Nc2cccc(C)c2)c1. The maximum absolute atomic E-state index is 9.32. The quantitative estimate of drug-likeness (QED) is 0.902. The van der Waals surface area contributed by atoms with Gasteiger partial charge in [-0.1, -0.05) is 24.3 Å². The summed E-state index contributed by atoms with van der Waals surface area (Å²) in [5.41, 5.74) is 2.99. The number of nitrogens with zero attached hydrogens (tertiary/aromatic N) is 1. The Kier molecular flexibility index (Phi) is 4.04. The van der Waals surface area contributed by atoms with Crippen molar-refractivity contribution in [1.29, 1.82) is 5.26 Å². The summed E-state index contributed by atoms with van der Waals surface area (Å²) in [6, 6.07) is 17.4. The Balaban J connectivity index is 2.23. The second-order valence-electron chi connectivity index (χ2n) is 4.35. The van der Waals surface area contributed by atoms with Crippen molar-refractivity contribution in [2.24, 2.45) is 0 Å². The molecule has 0 heterocycles. The highest BCUT2D eigenvalue weighted by Crippen LogP contribution is 2.23. The van der Waals surface area contributed by atoms with Gasteiger partial charge in [0, 0.05) is 5.69 Å². The van der Waals surface area contributed by atoms with Crippen molar-refractivity contribution in [3.8, 4) is 11.8 Å². The molecule has 1 atom stereocenters. The third-order valence-corrected chi connectivity index (χ3v) is 2.89. The van der Waals surface area contributed by atoms with Crippen molar-refractivity contribution in [2.75, 3.05) is 12.4 Å². The largest absolute Gasteiger partial charge is 0.497 e. The van der Waals surface area contributed by atoms with Gasteiger partial charge in [0.25, 0.3) is 0 Å². The van der Waals surface area contributed by atoms with Crippen LogP contribution in [0.3, 0.4) is 0 Å². The fourth-order valence-electron chi connectivity index (χ4n) is 1.91. The van der Waals surface area contributed by atoms with Gasteiger partial charge in [0.05, 0.1) is 13.2 Å². The highest BCUT2D eigenvalue weighted by atomic mass is 16.5. The van der Waals surface area contributed by atoms with Gasteiger partial charge in [-0.25, -0.2) is 0 Å². The summed E-state index contributed by atoms with van der Waals surface area (Å²) in [6.07, 6.45) is 0. The van der Waals surface area contributed by atoms with E-state index in [1.165, 1.54) is 0 Å². The molecule has 2 aromatic rings. The van der Waals surface area contributed by atoms with Gasteiger partial charge in [0.1, 0.15) is 11.8 Å². The molecule has 2 rings (SSSR count). The first-order valence-electron chi connectivity index (χ1n) is 6.09. The van der Waals surface area contributed by atoms with Crippen LogP contribution in [-0.2, 0) is 0 Å². The van der Waals surface area contributed by atoms with E-state index in [1.54, 1.807) is 7.11 Å². The van der Waals surface area contributed by atoms with Crippen molar-refractivity contribution in [1.82, 2.24) is 0 Å². The summed E-state index contributed by atoms with van der Waals surface area (Å²) < 4.78 is 5.18. The molecule has 0 bridgehead atoms. The van der Waals surface area contributed by atoms with E-state index in [9.17, 15) is 5.26 Å². The number of ether oxygens (including phenoxy) is 1. The molecule has 0 aliphatic carbocycles. The number of methoxy groups -OCH3 is 1. The number of nitrogens with one attached hydrogen (secondary N) is 1. The van der Waals surface area contributed by atoms with E-state index in [0.29, 0.717) is 0 Å². The minimum absolute atomic E-state index is 0.392. The Hall–Kier alpha value is -2.47. The molecule has 0 aliphatic heterocycles. The summed E-state index contributed by atoms with van der Waals surface area (Å²) in [5, 5.41) is 12.5. The lowest BCUT2D eigenvalue weighted by Crippen LogP contribution is -2.08. The molecule has 0 radical (unpaired) electrons. The molecule has 0 amide bonds. The van der Waals surface area contributed by atoms with Gasteiger partial charge >= 0.3 is 0 Å². The highest BCUT2D eigenvalue weighted by molar-refractivity contribution is 5.49. The standard InChI is InChI=1S/C16H16N2O/c1-12-5-3-7-14(9-12)18-16(11-17)13-6-4-8-15(10-13)19-2/h3-10,16,18H,1-2H3. The first-order valence-corrected chi connectivity index (χ1v) is 6.09. The van der Waals surface area contributed by atoms with Gasteiger partial charge in [-0.2, -0.15) is 5.26 Å². The van der Waals surface area contributed by atoms with E-state index in [1.807, 2.05) is 55.5 Å². The van der Waals surface area contributed by atoms with Crippen LogP contribution in [-0.4, -0.2) is 7.11 Å². The fourth-order valence-corrected chi connectivity index (χ4v) is 1.91. The van der Waals surface area contributed by atoms with Crippen molar-refractivity contribution in [3.05, 3.63) is 59.7 Å². The van der Waals surface area contributed by atoms with Crippen molar-refractivity contribution in [3.63, 3.8) is 0 Å². The summed E-state index contributed by atoms with van der Waals surface area (Å²) in [5.74, 6) is 0.754. The summed E-state index contributed by atoms with van der Waals surface area (Å²) in [7, 11) is 1.62. The zero-order valence-electron chi connectivity index (χ0n) is 11.1. The van der Waals surface area contributed by atoms with E-state index in [-0.39, 0.29) is 0 Å². The van der Waals surface area contributed by atoms with Gasteiger partial charge in [-0.15, -0.1) is 0 Å². The lowest BCUT2D eigenvalue weighted by molar-refractivity contribution is 0.414. The van der Waals surface area contributed by atoms with Crippen LogP contribution in [0.1, 0.15) is 17.2 Å². The van der Waals surface area contributed by atoms with Crippen LogP contribution in [0.5, 0.6) is 5.75 Å². The van der Waals surface area contributed by atoms with Crippen LogP contribution < -0.4 is 10.1 Å². The van der Waals surface area contributed by atoms with E-state index in [4.69, 9.17) is 4.74 Å². The third kappa shape index (κ3) is 3.26. The van der Waals surface area contributed by atoms with Crippen LogP contribution in [0.25, 0.3) is 0 Å². The number of hydrogen-bond donors (Lipinski definition) is 1. The summed E-state index contributed by atoms with van der Waals surface area (Å²) in [4.78, 5) is 0. The average molecular weight is 252 g/mol. The Morgan fingerprint density at radius 1 is 1.16 bits per heavy atom. The Labute approximate surface area is 113 Å². The predicted octanol–water partition coefficient (Wildman–Crippen LogP) is 3.68. The zero-order chi connectivity index (χ0) is 13.7. The van der Waals surface area contributed by atoms with Crippen LogP contribution in [0.2, 0.25) is 0 Å². The molecule has 0 spiro atoms. The molecule has 3 heteroatoms. The Morgan fingerprint density at radius 3 is 2.63 bits per heavy atom. The molecule has 2 aromatic carbocycles. The normalized spacial score (nSPS) is 11.4. The van der Waals surface area contributed by atoms with Crippen LogP contribution in [0.4, 0.5) is 5.69 Å². The molecular weight excluding hydrogens is 236 g/mol. The van der Waals surface area contributed by atoms with Crippen LogP contribution in [0.15, 0.2) is 48.5 Å². The van der Waals surface area contributed by atoms with Crippen molar-refractivity contribution in [2.45, 2.75) is 13.0 Å². The highest BCUT2D eigenvalue weighted by Gasteiger charge is 2.10. The third-order valence-electron chi connectivity index (χ3n) is 2.89. The molecule has 3 nitrogen and oxygen atoms in total. The molecular formula is C16H16N2O. The lowest BCUT2D eigenvalue weighted by Gasteiger charge is -2.14. The number of benzene rings is 2. The van der Waals surface area contributed by atoms with E-state index in [2.05, 4.69) is 11.4 Å². The number of rotatable bonds is 4. The second kappa shape index (κ2) is 5.92. The van der Waals surface area contributed by atoms with Crippen LogP contribution >= 0.6 is 0 Å². The van der Waals surface area contributed by atoms with E-state index in [0.717, 1.165) is 22.6 Å². The Bertz CT molecular complexity index is 602. The topological polar surface area (TPSA) is 45.0 Å². The smallest absolute Gasteiger partial charge is 0.140 e. The molecule has 0 saturated heterocycles. The van der Waals surface area contributed by atoms with Gasteiger partial charge in [-0.3, -0.25) is 0 Å². The predicted molar refractivity (Wildman–Crippen MR) is 76.1 cm³/mol. The van der Waals surface area contributed by atoms with Crippen molar-refractivity contribution >= 4 is 5.69 Å². The number of aryl methyl sites for hydroxylation is 1. The van der Waals surface area contributed by atoms with Gasteiger partial charge in [0.15, 0.2) is 0 Å². The first kappa shape index (κ1) is 13.0. The van der Waals surface area contributed by atoms with Gasteiger partial charge < -0.3 is 10.1 Å². The van der Waals surface area contributed by atoms with Gasteiger partial charge in [0.2, 0.25) is 0 Å². The Morgan fingerprint density at radius 2 is 1.95 bits per heavy atom. The first-order chi connectivity index (χ1) is 9.22. The molecule has 0 aliphatic rings. The zero-order valence-corrected chi connectivity index (χ0v) is 11.1. The second-order valence-corrected chi connectivity index (χ2v) is 4.35. The lowest BCUT2D eigenvalue weighted by atomic mass is 10.1. The molecule has 0 saturated carbocycles. The minimum atomic E-state index is -0.392.